The van der Waals surface area contributed by atoms with Crippen LogP contribution in [0.25, 0.3) is 10.8 Å². The van der Waals surface area contributed by atoms with E-state index in [-0.39, 0.29) is 23.1 Å². The Balaban J connectivity index is 1.14. The number of hydrazine groups is 1. The lowest BCUT2D eigenvalue weighted by atomic mass is 9.59. The lowest BCUT2D eigenvalue weighted by molar-refractivity contribution is 0.0930. The molecule has 186 valence electrons. The van der Waals surface area contributed by atoms with Gasteiger partial charge in [-0.05, 0) is 47.6 Å². The predicted molar refractivity (Wildman–Crippen MR) is 140 cm³/mol. The molecular weight excluding hydrogens is 466 g/mol. The lowest BCUT2D eigenvalue weighted by Gasteiger charge is -2.45. The van der Waals surface area contributed by atoms with Gasteiger partial charge in [-0.1, -0.05) is 66.7 Å². The molecule has 2 bridgehead atoms. The number of rotatable bonds is 4. The van der Waals surface area contributed by atoms with Crippen LogP contribution in [0.1, 0.15) is 57.9 Å². The number of nitrogens with one attached hydrogen (secondary N) is 3. The van der Waals surface area contributed by atoms with E-state index in [9.17, 15) is 14.4 Å². The summed E-state index contributed by atoms with van der Waals surface area (Å²) in [5.41, 5.74) is 10.1. The first kappa shape index (κ1) is 23.0. The molecule has 37 heavy (non-hydrogen) atoms. The second-order valence-electron chi connectivity index (χ2n) is 9.59. The Kier molecular flexibility index (Phi) is 5.71. The van der Waals surface area contributed by atoms with Gasteiger partial charge in [-0.25, -0.2) is 14.9 Å². The molecule has 0 radical (unpaired) electrons. The summed E-state index contributed by atoms with van der Waals surface area (Å²) in [7, 11) is 0. The second-order valence-corrected chi connectivity index (χ2v) is 9.59. The fraction of sp³-hybridized carbons (Fsp3) is 0.241. The average molecular weight is 494 g/mol. The minimum absolute atomic E-state index is 0.0788. The van der Waals surface area contributed by atoms with Crippen LogP contribution in [0.2, 0.25) is 0 Å². The normalized spacial score (nSPS) is 19.1. The molecule has 4 aromatic rings. The predicted octanol–water partition coefficient (Wildman–Crippen LogP) is 3.66. The summed E-state index contributed by atoms with van der Waals surface area (Å²) >= 11 is 0. The lowest BCUT2D eigenvalue weighted by Crippen LogP contribution is -2.49. The van der Waals surface area contributed by atoms with E-state index >= 15 is 0 Å². The summed E-state index contributed by atoms with van der Waals surface area (Å²) in [6, 6.07) is 23.5. The monoisotopic (exact) mass is 493 g/mol. The van der Waals surface area contributed by atoms with E-state index < -0.39 is 11.9 Å². The van der Waals surface area contributed by atoms with E-state index in [1.807, 2.05) is 0 Å². The molecule has 1 heterocycles. The first-order valence-corrected chi connectivity index (χ1v) is 12.6. The molecule has 0 aliphatic heterocycles. The Morgan fingerprint density at radius 3 is 2.11 bits per heavy atom. The zero-order valence-corrected chi connectivity index (χ0v) is 20.4. The van der Waals surface area contributed by atoms with Gasteiger partial charge in [0.15, 0.2) is 5.69 Å². The SMILES string of the molecule is CCn1nc(C(=O)NNC(=O)NCC2CC3c4ccccc4C2c2ccccc23)c2ccccc2c1=O. The molecule has 3 amide bonds. The Bertz CT molecular complexity index is 1550. The number of carbonyl (C=O) groups is 2. The van der Waals surface area contributed by atoms with Crippen molar-refractivity contribution in [2.45, 2.75) is 31.7 Å². The van der Waals surface area contributed by atoms with Gasteiger partial charge in [0.25, 0.3) is 11.5 Å². The smallest absolute Gasteiger partial charge is 0.333 e. The molecule has 7 rings (SSSR count). The van der Waals surface area contributed by atoms with Crippen molar-refractivity contribution < 1.29 is 9.59 Å². The van der Waals surface area contributed by atoms with Gasteiger partial charge in [0.1, 0.15) is 0 Å². The number of hydrogen-bond donors (Lipinski definition) is 3. The highest BCUT2D eigenvalue weighted by atomic mass is 16.2. The number of urea groups is 1. The Hall–Kier alpha value is -4.46. The highest BCUT2D eigenvalue weighted by Gasteiger charge is 2.42. The van der Waals surface area contributed by atoms with Gasteiger partial charge >= 0.3 is 6.03 Å². The fourth-order valence-corrected chi connectivity index (χ4v) is 6.02. The maximum absolute atomic E-state index is 12.9. The van der Waals surface area contributed by atoms with Crippen molar-refractivity contribution in [1.82, 2.24) is 25.9 Å². The molecule has 3 aliphatic carbocycles. The van der Waals surface area contributed by atoms with Crippen LogP contribution in [-0.2, 0) is 6.54 Å². The summed E-state index contributed by atoms with van der Waals surface area (Å²) in [6.07, 6.45) is 0.958. The molecule has 3 aliphatic rings. The largest absolute Gasteiger partial charge is 0.336 e. The van der Waals surface area contributed by atoms with E-state index in [0.29, 0.717) is 29.8 Å². The quantitative estimate of drug-likeness (QED) is 0.378. The van der Waals surface area contributed by atoms with Crippen molar-refractivity contribution >= 4 is 22.7 Å². The second kappa shape index (κ2) is 9.20. The van der Waals surface area contributed by atoms with Crippen LogP contribution in [0.15, 0.2) is 77.6 Å². The van der Waals surface area contributed by atoms with Crippen molar-refractivity contribution in [3.63, 3.8) is 0 Å². The Morgan fingerprint density at radius 2 is 1.46 bits per heavy atom. The number of aromatic nitrogens is 2. The molecule has 0 spiro atoms. The molecule has 0 saturated carbocycles. The molecule has 1 atom stereocenters. The maximum atomic E-state index is 12.9. The van der Waals surface area contributed by atoms with Crippen LogP contribution in [0.4, 0.5) is 4.79 Å². The van der Waals surface area contributed by atoms with Gasteiger partial charge < -0.3 is 5.32 Å². The van der Waals surface area contributed by atoms with Crippen LogP contribution in [-0.4, -0.2) is 28.3 Å². The summed E-state index contributed by atoms with van der Waals surface area (Å²) in [5, 5.41) is 7.98. The van der Waals surface area contributed by atoms with Gasteiger partial charge in [0.2, 0.25) is 0 Å². The van der Waals surface area contributed by atoms with E-state index in [1.54, 1.807) is 31.2 Å². The number of carbonyl (C=O) groups excluding carboxylic acids is 2. The molecule has 3 N–H and O–H groups in total. The van der Waals surface area contributed by atoms with Gasteiger partial charge in [0.05, 0.1) is 5.39 Å². The van der Waals surface area contributed by atoms with Crippen molar-refractivity contribution in [2.75, 3.05) is 6.54 Å². The molecule has 8 nitrogen and oxygen atoms in total. The number of benzene rings is 3. The number of amides is 3. The summed E-state index contributed by atoms with van der Waals surface area (Å²) in [4.78, 5) is 38.1. The van der Waals surface area contributed by atoms with Crippen molar-refractivity contribution in [2.24, 2.45) is 5.92 Å². The van der Waals surface area contributed by atoms with Crippen LogP contribution in [0, 0.1) is 5.92 Å². The van der Waals surface area contributed by atoms with Crippen molar-refractivity contribution in [1.29, 1.82) is 0 Å². The maximum Gasteiger partial charge on any atom is 0.333 e. The van der Waals surface area contributed by atoms with Crippen molar-refractivity contribution in [3.05, 3.63) is 111 Å². The summed E-state index contributed by atoms with van der Waals surface area (Å²) in [5.74, 6) is 0.196. The van der Waals surface area contributed by atoms with Crippen LogP contribution in [0.3, 0.4) is 0 Å². The van der Waals surface area contributed by atoms with Crippen LogP contribution >= 0.6 is 0 Å². The number of aryl methyl sites for hydroxylation is 1. The van der Waals surface area contributed by atoms with Gasteiger partial charge in [-0.2, -0.15) is 5.10 Å². The average Bonchev–Trinajstić information content (AvgIpc) is 2.95. The van der Waals surface area contributed by atoms with Crippen LogP contribution < -0.4 is 21.7 Å². The summed E-state index contributed by atoms with van der Waals surface area (Å²) < 4.78 is 1.24. The van der Waals surface area contributed by atoms with E-state index in [1.165, 1.54) is 26.9 Å². The van der Waals surface area contributed by atoms with Crippen LogP contribution in [0.5, 0.6) is 0 Å². The number of hydrogen-bond acceptors (Lipinski definition) is 4. The third-order valence-corrected chi connectivity index (χ3v) is 7.62. The standard InChI is InChI=1S/C29H27N5O3/c1-2-34-28(36)23-14-8-7-13-22(23)26(33-34)27(35)31-32-29(37)30-16-17-15-24-18-9-3-5-11-20(18)25(17)21-12-6-4-10-19(21)24/h3-14,17,24-25H,2,15-16H2,1H3,(H,31,35)(H2,30,32,37). The third kappa shape index (κ3) is 3.85. The molecule has 0 fully saturated rings. The first-order valence-electron chi connectivity index (χ1n) is 12.6. The third-order valence-electron chi connectivity index (χ3n) is 7.62. The highest BCUT2D eigenvalue weighted by Crippen LogP contribution is 2.55. The van der Waals surface area contributed by atoms with E-state index in [0.717, 1.165) is 6.42 Å². The van der Waals surface area contributed by atoms with E-state index in [2.05, 4.69) is 69.8 Å². The first-order chi connectivity index (χ1) is 18.1. The number of nitrogens with zero attached hydrogens (tertiary/aromatic N) is 2. The van der Waals surface area contributed by atoms with E-state index in [4.69, 9.17) is 0 Å². The molecule has 1 aromatic heterocycles. The zero-order valence-electron chi connectivity index (χ0n) is 20.4. The Labute approximate surface area is 213 Å². The molecule has 8 heteroatoms. The Morgan fingerprint density at radius 1 is 0.865 bits per heavy atom. The summed E-state index contributed by atoms with van der Waals surface area (Å²) in [6.45, 7) is 2.59. The minimum atomic E-state index is -0.590. The van der Waals surface area contributed by atoms with Crippen molar-refractivity contribution in [3.8, 4) is 0 Å². The molecular formula is C29H27N5O3. The highest BCUT2D eigenvalue weighted by molar-refractivity contribution is 6.05. The molecule has 0 saturated heterocycles. The molecule has 1 unspecified atom stereocenters. The topological polar surface area (TPSA) is 105 Å². The zero-order chi connectivity index (χ0) is 25.5. The fourth-order valence-electron chi connectivity index (χ4n) is 6.02. The van der Waals surface area contributed by atoms with Gasteiger partial charge in [0, 0.05) is 30.3 Å². The number of fused-ring (bicyclic) bond motifs is 2. The van der Waals surface area contributed by atoms with Gasteiger partial charge in [-0.3, -0.25) is 15.0 Å². The van der Waals surface area contributed by atoms with Gasteiger partial charge in [-0.15, -0.1) is 0 Å². The molecule has 3 aromatic carbocycles. The minimum Gasteiger partial charge on any atom is -0.336 e.